The van der Waals surface area contributed by atoms with E-state index < -0.39 is 0 Å². The quantitative estimate of drug-likeness (QED) is 0.345. The molecular weight excluding hydrogens is 236 g/mol. The van der Waals surface area contributed by atoms with Crippen molar-refractivity contribution in [3.8, 4) is 0 Å². The Hall–Kier alpha value is -1.66. The van der Waals surface area contributed by atoms with Gasteiger partial charge in [0, 0.05) is 23.0 Å². The number of hydrogen-bond donors (Lipinski definition) is 2. The normalized spacial score (nSPS) is 15.0. The second-order valence-electron chi connectivity index (χ2n) is 3.64. The molecule has 0 aromatic heterocycles. The summed E-state index contributed by atoms with van der Waals surface area (Å²) in [4.78, 5) is 13.6. The minimum Gasteiger partial charge on any atom is -0.403 e. The Morgan fingerprint density at radius 2 is 2.12 bits per heavy atom. The highest BCUT2D eigenvalue weighted by Crippen LogP contribution is 2.23. The summed E-state index contributed by atoms with van der Waals surface area (Å²) in [5, 5.41) is 0. The number of carbonyl (C=O) groups is 1. The molecule has 1 fully saturated rings. The van der Waals surface area contributed by atoms with Crippen molar-refractivity contribution >= 4 is 17.9 Å². The van der Waals surface area contributed by atoms with Crippen LogP contribution in [-0.4, -0.2) is 28.3 Å². The van der Waals surface area contributed by atoms with E-state index in [1.807, 2.05) is 30.3 Å². The second kappa shape index (κ2) is 5.11. The van der Waals surface area contributed by atoms with Crippen LogP contribution >= 0.6 is 11.9 Å². The molecule has 2 rings (SSSR count). The van der Waals surface area contributed by atoms with Crippen LogP contribution in [0.3, 0.4) is 0 Å². The molecule has 1 heterocycles. The van der Waals surface area contributed by atoms with Gasteiger partial charge in [0.2, 0.25) is 5.91 Å². The number of hydrazine groups is 1. The summed E-state index contributed by atoms with van der Waals surface area (Å²) in [6.45, 7) is 0.951. The maximum atomic E-state index is 10.9. The van der Waals surface area contributed by atoms with E-state index in [0.717, 1.165) is 4.90 Å². The van der Waals surface area contributed by atoms with Crippen LogP contribution in [0.4, 0.5) is 0 Å². The van der Waals surface area contributed by atoms with Gasteiger partial charge in [0.05, 0.1) is 12.2 Å². The highest BCUT2D eigenvalue weighted by atomic mass is 32.2. The molecule has 90 valence electrons. The summed E-state index contributed by atoms with van der Waals surface area (Å²) in [5.74, 6) is 6.02. The molecule has 0 aliphatic carbocycles. The molecule has 1 aliphatic rings. The van der Waals surface area contributed by atoms with Crippen molar-refractivity contribution in [2.45, 2.75) is 4.90 Å². The lowest BCUT2D eigenvalue weighted by Crippen LogP contribution is -2.28. The van der Waals surface area contributed by atoms with Crippen LogP contribution in [-0.2, 0) is 4.79 Å². The number of rotatable bonds is 5. The van der Waals surface area contributed by atoms with Crippen LogP contribution in [0.25, 0.3) is 0 Å². The maximum Gasteiger partial charge on any atom is 0.243 e. The lowest BCUT2D eigenvalue weighted by molar-refractivity contribution is -0.113. The van der Waals surface area contributed by atoms with Crippen molar-refractivity contribution in [3.63, 3.8) is 0 Å². The zero-order valence-electron chi connectivity index (χ0n) is 9.24. The van der Waals surface area contributed by atoms with Gasteiger partial charge >= 0.3 is 0 Å². The molecule has 6 heteroatoms. The summed E-state index contributed by atoms with van der Waals surface area (Å²) in [6, 6.07) is 9.74. The molecule has 5 nitrogen and oxygen atoms in total. The van der Waals surface area contributed by atoms with Crippen molar-refractivity contribution < 1.29 is 4.79 Å². The molecule has 1 saturated heterocycles. The summed E-state index contributed by atoms with van der Waals surface area (Å²) < 4.78 is 1.49. The number of carbonyl (C=O) groups excluding carboxylic acids is 1. The van der Waals surface area contributed by atoms with Crippen molar-refractivity contribution in [1.82, 2.24) is 9.31 Å². The van der Waals surface area contributed by atoms with E-state index in [-0.39, 0.29) is 5.91 Å². The van der Waals surface area contributed by atoms with Gasteiger partial charge in [0.25, 0.3) is 0 Å². The molecule has 0 radical (unpaired) electrons. The van der Waals surface area contributed by atoms with Gasteiger partial charge in [0.1, 0.15) is 6.54 Å². The van der Waals surface area contributed by atoms with Crippen LogP contribution < -0.4 is 11.6 Å². The van der Waals surface area contributed by atoms with Crippen molar-refractivity contribution in [1.29, 1.82) is 0 Å². The second-order valence-corrected chi connectivity index (χ2v) is 4.69. The van der Waals surface area contributed by atoms with Gasteiger partial charge in [-0.05, 0) is 12.1 Å². The van der Waals surface area contributed by atoms with E-state index in [4.69, 9.17) is 11.6 Å². The molecule has 0 bridgehead atoms. The van der Waals surface area contributed by atoms with Crippen LogP contribution in [0.5, 0.6) is 0 Å². The van der Waals surface area contributed by atoms with Gasteiger partial charge in [0.15, 0.2) is 0 Å². The van der Waals surface area contributed by atoms with E-state index in [2.05, 4.69) is 0 Å². The largest absolute Gasteiger partial charge is 0.403 e. The topological polar surface area (TPSA) is 75.4 Å². The van der Waals surface area contributed by atoms with E-state index in [1.54, 1.807) is 4.90 Å². The summed E-state index contributed by atoms with van der Waals surface area (Å²) >= 11 is 1.37. The van der Waals surface area contributed by atoms with E-state index in [0.29, 0.717) is 18.8 Å². The molecule has 0 unspecified atom stereocenters. The molecule has 1 aliphatic heterocycles. The van der Waals surface area contributed by atoms with Crippen LogP contribution in [0.15, 0.2) is 47.1 Å². The zero-order chi connectivity index (χ0) is 12.3. The number of hydrogen-bond acceptors (Lipinski definition) is 5. The SMILES string of the molecule is N/C=C(/CN1CC1=O)N(N)Sc1ccccc1. The Morgan fingerprint density at radius 3 is 2.65 bits per heavy atom. The summed E-state index contributed by atoms with van der Waals surface area (Å²) in [7, 11) is 0. The Kier molecular flexibility index (Phi) is 3.55. The Morgan fingerprint density at radius 1 is 1.47 bits per heavy atom. The average Bonchev–Trinajstić information content (AvgIpc) is 3.03. The standard InChI is InChI=1S/C11H14N4OS/c12-6-9(7-14-8-11(14)16)15(13)17-10-4-2-1-3-5-10/h1-6H,7-8,12-13H2/b9-6-. The molecule has 0 saturated carbocycles. The van der Waals surface area contributed by atoms with Gasteiger partial charge in [-0.25, -0.2) is 10.3 Å². The van der Waals surface area contributed by atoms with E-state index >= 15 is 0 Å². The minimum absolute atomic E-state index is 0.127. The number of nitrogens with zero attached hydrogens (tertiary/aromatic N) is 2. The molecule has 0 spiro atoms. The highest BCUT2D eigenvalue weighted by Gasteiger charge is 2.31. The average molecular weight is 250 g/mol. The Balaban J connectivity index is 1.93. The highest BCUT2D eigenvalue weighted by molar-refractivity contribution is 7.97. The van der Waals surface area contributed by atoms with Crippen LogP contribution in [0.2, 0.25) is 0 Å². The van der Waals surface area contributed by atoms with Crippen molar-refractivity contribution in [2.75, 3.05) is 13.1 Å². The Bertz CT molecular complexity index is 434. The van der Waals surface area contributed by atoms with Crippen molar-refractivity contribution in [3.05, 3.63) is 42.2 Å². The van der Waals surface area contributed by atoms with Crippen LogP contribution in [0.1, 0.15) is 0 Å². The predicted octanol–water partition coefficient (Wildman–Crippen LogP) is 0.512. The molecule has 1 aromatic carbocycles. The third-order valence-corrected chi connectivity index (χ3v) is 3.26. The van der Waals surface area contributed by atoms with E-state index in [1.165, 1.54) is 22.6 Å². The first-order valence-corrected chi connectivity index (χ1v) is 5.94. The fourth-order valence-electron chi connectivity index (χ4n) is 1.32. The van der Waals surface area contributed by atoms with Gasteiger partial charge in [-0.3, -0.25) is 4.79 Å². The summed E-state index contributed by atoms with van der Waals surface area (Å²) in [6.07, 6.45) is 1.43. The lowest BCUT2D eigenvalue weighted by atomic mass is 10.4. The van der Waals surface area contributed by atoms with Gasteiger partial charge in [-0.15, -0.1) is 0 Å². The molecule has 1 amide bonds. The Labute approximate surface area is 104 Å². The zero-order valence-corrected chi connectivity index (χ0v) is 10.1. The molecular formula is C11H14N4OS. The maximum absolute atomic E-state index is 10.9. The summed E-state index contributed by atoms with van der Waals surface area (Å²) in [5.41, 5.74) is 6.23. The third kappa shape index (κ3) is 3.15. The first kappa shape index (κ1) is 11.8. The number of amides is 1. The fourth-order valence-corrected chi connectivity index (χ4v) is 2.06. The van der Waals surface area contributed by atoms with Crippen LogP contribution in [0, 0.1) is 0 Å². The van der Waals surface area contributed by atoms with E-state index in [9.17, 15) is 4.79 Å². The predicted molar refractivity (Wildman–Crippen MR) is 67.2 cm³/mol. The molecule has 0 atom stereocenters. The third-order valence-electron chi connectivity index (χ3n) is 2.35. The first-order chi connectivity index (χ1) is 8.20. The number of benzene rings is 1. The van der Waals surface area contributed by atoms with Crippen molar-refractivity contribution in [2.24, 2.45) is 11.6 Å². The molecule has 1 aromatic rings. The number of nitrogens with two attached hydrogens (primary N) is 2. The van der Waals surface area contributed by atoms with Gasteiger partial charge in [-0.1, -0.05) is 18.2 Å². The van der Waals surface area contributed by atoms with Gasteiger partial charge in [-0.2, -0.15) is 0 Å². The minimum atomic E-state index is 0.127. The van der Waals surface area contributed by atoms with Gasteiger partial charge < -0.3 is 10.6 Å². The molecule has 4 N–H and O–H groups in total. The fraction of sp³-hybridized carbons (Fsp3) is 0.182. The first-order valence-electron chi connectivity index (χ1n) is 5.17. The molecule has 17 heavy (non-hydrogen) atoms. The smallest absolute Gasteiger partial charge is 0.243 e. The monoisotopic (exact) mass is 250 g/mol. The lowest BCUT2D eigenvalue weighted by Gasteiger charge is -2.20.